The second kappa shape index (κ2) is 10.0. The maximum atomic E-state index is 13.1. The first-order valence-corrected chi connectivity index (χ1v) is 7.98. The van der Waals surface area contributed by atoms with Gasteiger partial charge in [0, 0.05) is 11.8 Å². The van der Waals surface area contributed by atoms with Crippen LogP contribution in [0.5, 0.6) is 5.75 Å². The van der Waals surface area contributed by atoms with Crippen LogP contribution in [0.2, 0.25) is 0 Å². The van der Waals surface area contributed by atoms with E-state index in [1.54, 1.807) is 18.2 Å². The molecule has 0 saturated heterocycles. The fourth-order valence-electron chi connectivity index (χ4n) is 2.31. The number of hydrogen-bond acceptors (Lipinski definition) is 3. The van der Waals surface area contributed by atoms with Gasteiger partial charge in [0.05, 0.1) is 6.04 Å². The van der Waals surface area contributed by atoms with Crippen molar-refractivity contribution < 1.29 is 13.9 Å². The molecule has 6 heteroatoms. The zero-order chi connectivity index (χ0) is 17.5. The molecule has 0 unspecified atom stereocenters. The summed E-state index contributed by atoms with van der Waals surface area (Å²) in [7, 11) is 0. The zero-order valence-corrected chi connectivity index (χ0v) is 15.2. The van der Waals surface area contributed by atoms with Gasteiger partial charge in [-0.25, -0.2) is 4.39 Å². The van der Waals surface area contributed by atoms with Gasteiger partial charge in [0.15, 0.2) is 0 Å². The number of anilines is 1. The SMILES string of the molecule is CC(C)C[C@H](N)C(=O)Nc1cccc(COc2cccc(F)c2)c1.Cl. The van der Waals surface area contributed by atoms with Gasteiger partial charge in [0.1, 0.15) is 18.2 Å². The van der Waals surface area contributed by atoms with Crippen molar-refractivity contribution in [3.05, 3.63) is 59.9 Å². The van der Waals surface area contributed by atoms with E-state index in [2.05, 4.69) is 5.32 Å². The molecule has 4 nitrogen and oxygen atoms in total. The first-order valence-electron chi connectivity index (χ1n) is 7.98. The third-order valence-electron chi connectivity index (χ3n) is 3.46. The fraction of sp³-hybridized carbons (Fsp3) is 0.316. The van der Waals surface area contributed by atoms with Gasteiger partial charge in [-0.3, -0.25) is 4.79 Å². The Morgan fingerprint density at radius 2 is 1.92 bits per heavy atom. The van der Waals surface area contributed by atoms with Gasteiger partial charge in [-0.2, -0.15) is 0 Å². The highest BCUT2D eigenvalue weighted by atomic mass is 35.5. The molecule has 0 aliphatic rings. The van der Waals surface area contributed by atoms with Crippen LogP contribution in [0.3, 0.4) is 0 Å². The van der Waals surface area contributed by atoms with Crippen molar-refractivity contribution in [1.29, 1.82) is 0 Å². The van der Waals surface area contributed by atoms with Crippen molar-refractivity contribution in [2.75, 3.05) is 5.32 Å². The van der Waals surface area contributed by atoms with Gasteiger partial charge < -0.3 is 15.8 Å². The van der Waals surface area contributed by atoms with E-state index in [1.165, 1.54) is 12.1 Å². The van der Waals surface area contributed by atoms with E-state index in [0.29, 0.717) is 23.8 Å². The van der Waals surface area contributed by atoms with Crippen LogP contribution in [0.1, 0.15) is 25.8 Å². The summed E-state index contributed by atoms with van der Waals surface area (Å²) in [6.45, 7) is 4.33. The van der Waals surface area contributed by atoms with Gasteiger partial charge in [-0.1, -0.05) is 32.0 Å². The van der Waals surface area contributed by atoms with Gasteiger partial charge >= 0.3 is 0 Å². The molecule has 2 rings (SSSR count). The molecule has 0 aliphatic heterocycles. The molecule has 1 atom stereocenters. The third kappa shape index (κ3) is 7.11. The summed E-state index contributed by atoms with van der Waals surface area (Å²) in [6.07, 6.45) is 0.633. The number of carbonyl (C=O) groups is 1. The summed E-state index contributed by atoms with van der Waals surface area (Å²) >= 11 is 0. The molecule has 0 radical (unpaired) electrons. The Labute approximate surface area is 154 Å². The Balaban J connectivity index is 0.00000312. The van der Waals surface area contributed by atoms with Crippen molar-refractivity contribution in [2.24, 2.45) is 11.7 Å². The molecule has 2 aromatic rings. The Morgan fingerprint density at radius 1 is 1.20 bits per heavy atom. The minimum absolute atomic E-state index is 0. The lowest BCUT2D eigenvalue weighted by atomic mass is 10.0. The lowest BCUT2D eigenvalue weighted by molar-refractivity contribution is -0.117. The molecule has 136 valence electrons. The first-order chi connectivity index (χ1) is 11.4. The summed E-state index contributed by atoms with van der Waals surface area (Å²) in [5.41, 5.74) is 7.42. The quantitative estimate of drug-likeness (QED) is 0.774. The van der Waals surface area contributed by atoms with Gasteiger partial charge in [-0.05, 0) is 42.2 Å². The van der Waals surface area contributed by atoms with Crippen molar-refractivity contribution in [2.45, 2.75) is 32.9 Å². The van der Waals surface area contributed by atoms with Crippen LogP contribution in [0.4, 0.5) is 10.1 Å². The number of halogens is 2. The van der Waals surface area contributed by atoms with E-state index in [4.69, 9.17) is 10.5 Å². The van der Waals surface area contributed by atoms with Crippen LogP contribution >= 0.6 is 12.4 Å². The average molecular weight is 367 g/mol. The second-order valence-electron chi connectivity index (χ2n) is 6.17. The van der Waals surface area contributed by atoms with Crippen LogP contribution in [-0.4, -0.2) is 11.9 Å². The topological polar surface area (TPSA) is 64.4 Å². The number of carbonyl (C=O) groups excluding carboxylic acids is 1. The maximum absolute atomic E-state index is 13.1. The average Bonchev–Trinajstić information content (AvgIpc) is 2.53. The molecule has 2 aromatic carbocycles. The minimum Gasteiger partial charge on any atom is -0.489 e. The largest absolute Gasteiger partial charge is 0.489 e. The molecular formula is C19H24ClFN2O2. The van der Waals surface area contributed by atoms with Crippen LogP contribution in [-0.2, 0) is 11.4 Å². The van der Waals surface area contributed by atoms with Crippen molar-refractivity contribution in [1.82, 2.24) is 0 Å². The molecule has 3 N–H and O–H groups in total. The number of amides is 1. The predicted molar refractivity (Wildman–Crippen MR) is 100 cm³/mol. The predicted octanol–water partition coefficient (Wildman–Crippen LogP) is 4.14. The van der Waals surface area contributed by atoms with Crippen molar-refractivity contribution in [3.63, 3.8) is 0 Å². The number of nitrogens with two attached hydrogens (primary N) is 1. The van der Waals surface area contributed by atoms with E-state index in [9.17, 15) is 9.18 Å². The highest BCUT2D eigenvalue weighted by molar-refractivity contribution is 5.94. The number of nitrogens with one attached hydrogen (secondary N) is 1. The summed E-state index contributed by atoms with van der Waals surface area (Å²) in [4.78, 5) is 12.1. The van der Waals surface area contributed by atoms with Crippen molar-refractivity contribution >= 4 is 24.0 Å². The van der Waals surface area contributed by atoms with Crippen LogP contribution in [0.15, 0.2) is 48.5 Å². The Kier molecular flexibility index (Phi) is 8.38. The molecule has 25 heavy (non-hydrogen) atoms. The van der Waals surface area contributed by atoms with E-state index in [0.717, 1.165) is 5.56 Å². The first kappa shape index (κ1) is 20.9. The molecule has 1 amide bonds. The Hall–Kier alpha value is -2.11. The molecular weight excluding hydrogens is 343 g/mol. The van der Waals surface area contributed by atoms with Gasteiger partial charge in [0.25, 0.3) is 0 Å². The van der Waals surface area contributed by atoms with E-state index < -0.39 is 6.04 Å². The van der Waals surface area contributed by atoms with E-state index in [-0.39, 0.29) is 30.7 Å². The van der Waals surface area contributed by atoms with E-state index in [1.807, 2.05) is 32.0 Å². The Morgan fingerprint density at radius 3 is 2.60 bits per heavy atom. The summed E-state index contributed by atoms with van der Waals surface area (Å²) in [5, 5.41) is 2.82. The molecule has 0 aromatic heterocycles. The summed E-state index contributed by atoms with van der Waals surface area (Å²) in [5.74, 6) is 0.277. The van der Waals surface area contributed by atoms with Crippen molar-refractivity contribution in [3.8, 4) is 5.75 Å². The second-order valence-corrected chi connectivity index (χ2v) is 6.17. The molecule has 0 fully saturated rings. The highest BCUT2D eigenvalue weighted by Gasteiger charge is 2.15. The van der Waals surface area contributed by atoms with Gasteiger partial charge in [0.2, 0.25) is 5.91 Å². The number of ether oxygens (including phenoxy) is 1. The number of hydrogen-bond donors (Lipinski definition) is 2. The smallest absolute Gasteiger partial charge is 0.241 e. The molecule has 0 heterocycles. The normalized spacial score (nSPS) is 11.6. The number of rotatable bonds is 7. The van der Waals surface area contributed by atoms with Crippen LogP contribution in [0.25, 0.3) is 0 Å². The lowest BCUT2D eigenvalue weighted by Gasteiger charge is -2.14. The third-order valence-corrected chi connectivity index (χ3v) is 3.46. The van der Waals surface area contributed by atoms with Crippen LogP contribution < -0.4 is 15.8 Å². The Bertz CT molecular complexity index is 695. The minimum atomic E-state index is -0.530. The summed E-state index contributed by atoms with van der Waals surface area (Å²) in [6, 6.07) is 12.8. The monoisotopic (exact) mass is 366 g/mol. The molecule has 0 aliphatic carbocycles. The standard InChI is InChI=1S/C19H23FN2O2.ClH/c1-13(2)9-18(21)19(23)22-16-7-3-5-14(10-16)12-24-17-8-4-6-15(20)11-17;/h3-8,10-11,13,18H,9,12,21H2,1-2H3,(H,22,23);1H/t18-;/m0./s1. The summed E-state index contributed by atoms with van der Waals surface area (Å²) < 4.78 is 18.7. The molecule has 0 saturated carbocycles. The van der Waals surface area contributed by atoms with Crippen LogP contribution in [0, 0.1) is 11.7 Å². The highest BCUT2D eigenvalue weighted by Crippen LogP contribution is 2.17. The molecule has 0 bridgehead atoms. The zero-order valence-electron chi connectivity index (χ0n) is 14.4. The maximum Gasteiger partial charge on any atom is 0.241 e. The number of benzene rings is 2. The van der Waals surface area contributed by atoms with E-state index >= 15 is 0 Å². The lowest BCUT2D eigenvalue weighted by Crippen LogP contribution is -2.36. The molecule has 0 spiro atoms. The fourth-order valence-corrected chi connectivity index (χ4v) is 2.31. The van der Waals surface area contributed by atoms with Gasteiger partial charge in [-0.15, -0.1) is 12.4 Å².